The highest BCUT2D eigenvalue weighted by molar-refractivity contribution is 6.44. The molecule has 0 aliphatic heterocycles. The molecule has 0 N–H and O–H groups in total. The van der Waals surface area contributed by atoms with Gasteiger partial charge < -0.3 is 0 Å². The van der Waals surface area contributed by atoms with Gasteiger partial charge in [0.1, 0.15) is 4.84 Å². The van der Waals surface area contributed by atoms with Gasteiger partial charge in [0.15, 0.2) is 0 Å². The molecule has 0 amide bonds. The first-order chi connectivity index (χ1) is 5.74. The van der Waals surface area contributed by atoms with Crippen molar-refractivity contribution in [2.24, 2.45) is 0 Å². The molecule has 0 saturated carbocycles. The van der Waals surface area contributed by atoms with Crippen LogP contribution < -0.4 is 0 Å². The molecule has 1 aromatic rings. The number of aryl methyl sites for hydroxylation is 1. The van der Waals surface area contributed by atoms with E-state index in [9.17, 15) is 0 Å². The fourth-order valence-electron chi connectivity index (χ4n) is 1.17. The minimum Gasteiger partial charge on any atom is -0.100 e. The van der Waals surface area contributed by atoms with Gasteiger partial charge in [0.2, 0.25) is 0 Å². The van der Waals surface area contributed by atoms with Crippen LogP contribution in [0.5, 0.6) is 0 Å². The van der Waals surface area contributed by atoms with Crippen LogP contribution in [0.1, 0.15) is 29.3 Å². The summed E-state index contributed by atoms with van der Waals surface area (Å²) in [6.45, 7) is 2.16. The number of hydrogen-bond acceptors (Lipinski definition) is 0. The highest BCUT2D eigenvalue weighted by Crippen LogP contribution is 2.25. The van der Waals surface area contributed by atoms with Crippen molar-refractivity contribution in [2.45, 2.75) is 24.6 Å². The molecular weight excluding hydrogens is 191 g/mol. The van der Waals surface area contributed by atoms with Crippen LogP contribution in [-0.4, -0.2) is 0 Å². The topological polar surface area (TPSA) is 0 Å². The lowest BCUT2D eigenvalue weighted by atomic mass is 10.1. The molecule has 0 heterocycles. The Hall–Kier alpha value is -0.200. The molecule has 1 rings (SSSR count). The highest BCUT2D eigenvalue weighted by atomic mass is 35.5. The summed E-state index contributed by atoms with van der Waals surface area (Å²) in [6.07, 6.45) is 2.24. The van der Waals surface area contributed by atoms with Crippen molar-refractivity contribution in [3.05, 3.63) is 35.4 Å². The van der Waals surface area contributed by atoms with Gasteiger partial charge in [-0.25, -0.2) is 0 Å². The Morgan fingerprint density at radius 2 is 2.08 bits per heavy atom. The zero-order valence-electron chi connectivity index (χ0n) is 7.06. The SMILES string of the molecule is CCCc1cccc(C(Cl)Cl)c1. The van der Waals surface area contributed by atoms with E-state index in [1.54, 1.807) is 0 Å². The van der Waals surface area contributed by atoms with E-state index in [0.29, 0.717) is 0 Å². The van der Waals surface area contributed by atoms with E-state index < -0.39 is 4.84 Å². The van der Waals surface area contributed by atoms with E-state index in [1.807, 2.05) is 12.1 Å². The van der Waals surface area contributed by atoms with E-state index >= 15 is 0 Å². The zero-order valence-corrected chi connectivity index (χ0v) is 8.57. The van der Waals surface area contributed by atoms with Gasteiger partial charge in [0.05, 0.1) is 0 Å². The molecule has 0 aliphatic rings. The minimum absolute atomic E-state index is 0.401. The number of alkyl halides is 2. The maximum atomic E-state index is 5.74. The van der Waals surface area contributed by atoms with Crippen LogP contribution in [0.4, 0.5) is 0 Å². The molecule has 0 radical (unpaired) electrons. The van der Waals surface area contributed by atoms with Gasteiger partial charge in [0, 0.05) is 0 Å². The molecule has 0 nitrogen and oxygen atoms in total. The number of benzene rings is 1. The molecular formula is C10H12Cl2. The van der Waals surface area contributed by atoms with Crippen LogP contribution in [0.25, 0.3) is 0 Å². The first kappa shape index (κ1) is 9.88. The number of halogens is 2. The summed E-state index contributed by atoms with van der Waals surface area (Å²) >= 11 is 11.5. The fraction of sp³-hybridized carbons (Fsp3) is 0.400. The van der Waals surface area contributed by atoms with Crippen LogP contribution in [0.3, 0.4) is 0 Å². The lowest BCUT2D eigenvalue weighted by Crippen LogP contribution is -1.86. The largest absolute Gasteiger partial charge is 0.132 e. The average Bonchev–Trinajstić information content (AvgIpc) is 2.05. The van der Waals surface area contributed by atoms with Crippen molar-refractivity contribution in [3.63, 3.8) is 0 Å². The molecule has 2 heteroatoms. The third kappa shape index (κ3) is 2.69. The average molecular weight is 203 g/mol. The van der Waals surface area contributed by atoms with Crippen molar-refractivity contribution in [2.75, 3.05) is 0 Å². The lowest BCUT2D eigenvalue weighted by molar-refractivity contribution is 0.919. The molecule has 0 aliphatic carbocycles. The maximum absolute atomic E-state index is 5.74. The van der Waals surface area contributed by atoms with E-state index in [2.05, 4.69) is 19.1 Å². The smallest absolute Gasteiger partial charge is 0.100 e. The molecule has 0 fully saturated rings. The highest BCUT2D eigenvalue weighted by Gasteiger charge is 2.02. The number of hydrogen-bond donors (Lipinski definition) is 0. The maximum Gasteiger partial charge on any atom is 0.132 e. The summed E-state index contributed by atoms with van der Waals surface area (Å²) in [4.78, 5) is -0.401. The minimum atomic E-state index is -0.401. The Balaban J connectivity index is 2.81. The molecule has 0 saturated heterocycles. The van der Waals surface area contributed by atoms with Crippen LogP contribution in [0.2, 0.25) is 0 Å². The summed E-state index contributed by atoms with van der Waals surface area (Å²) < 4.78 is 0. The number of rotatable bonds is 3. The molecule has 0 spiro atoms. The van der Waals surface area contributed by atoms with Gasteiger partial charge in [-0.15, -0.1) is 23.2 Å². The van der Waals surface area contributed by atoms with Crippen LogP contribution in [-0.2, 0) is 6.42 Å². The molecule has 0 atom stereocenters. The molecule has 0 bridgehead atoms. The standard InChI is InChI=1S/C10H12Cl2/c1-2-4-8-5-3-6-9(7-8)10(11)12/h3,5-7,10H,2,4H2,1H3. The van der Waals surface area contributed by atoms with E-state index in [-0.39, 0.29) is 0 Å². The second-order valence-corrected chi connectivity index (χ2v) is 3.89. The summed E-state index contributed by atoms with van der Waals surface area (Å²) in [6, 6.07) is 8.11. The molecule has 0 aromatic heterocycles. The van der Waals surface area contributed by atoms with Gasteiger partial charge >= 0.3 is 0 Å². The van der Waals surface area contributed by atoms with E-state index in [0.717, 1.165) is 18.4 Å². The monoisotopic (exact) mass is 202 g/mol. The fourth-order valence-corrected chi connectivity index (χ4v) is 1.44. The molecule has 0 unspecified atom stereocenters. The second kappa shape index (κ2) is 4.74. The van der Waals surface area contributed by atoms with Gasteiger partial charge in [-0.05, 0) is 17.5 Å². The molecule has 1 aromatic carbocycles. The van der Waals surface area contributed by atoms with Crippen molar-refractivity contribution >= 4 is 23.2 Å². The normalized spacial score (nSPS) is 10.7. The Kier molecular flexibility index (Phi) is 3.90. The summed E-state index contributed by atoms with van der Waals surface area (Å²) in [5, 5.41) is 0. The van der Waals surface area contributed by atoms with Crippen molar-refractivity contribution in [3.8, 4) is 0 Å². The van der Waals surface area contributed by atoms with Gasteiger partial charge in [-0.2, -0.15) is 0 Å². The zero-order chi connectivity index (χ0) is 8.97. The predicted molar refractivity (Wildman–Crippen MR) is 54.9 cm³/mol. The summed E-state index contributed by atoms with van der Waals surface area (Å²) in [5.74, 6) is 0. The predicted octanol–water partition coefficient (Wildman–Crippen LogP) is 4.12. The third-order valence-electron chi connectivity index (χ3n) is 1.74. The third-order valence-corrected chi connectivity index (χ3v) is 2.25. The van der Waals surface area contributed by atoms with E-state index in [1.165, 1.54) is 5.56 Å². The van der Waals surface area contributed by atoms with Crippen molar-refractivity contribution in [1.29, 1.82) is 0 Å². The van der Waals surface area contributed by atoms with Crippen molar-refractivity contribution < 1.29 is 0 Å². The lowest BCUT2D eigenvalue weighted by Gasteiger charge is -2.03. The van der Waals surface area contributed by atoms with Gasteiger partial charge in [-0.3, -0.25) is 0 Å². The quantitative estimate of drug-likeness (QED) is 0.648. The van der Waals surface area contributed by atoms with Crippen molar-refractivity contribution in [1.82, 2.24) is 0 Å². The Bertz CT molecular complexity index is 243. The van der Waals surface area contributed by atoms with Gasteiger partial charge in [0.25, 0.3) is 0 Å². The first-order valence-electron chi connectivity index (χ1n) is 4.11. The Labute approximate surface area is 83.5 Å². The van der Waals surface area contributed by atoms with Crippen LogP contribution in [0, 0.1) is 0 Å². The Morgan fingerprint density at radius 1 is 1.33 bits per heavy atom. The van der Waals surface area contributed by atoms with Gasteiger partial charge in [-0.1, -0.05) is 37.6 Å². The molecule has 66 valence electrons. The van der Waals surface area contributed by atoms with Crippen LogP contribution >= 0.6 is 23.2 Å². The second-order valence-electron chi connectivity index (χ2n) is 2.80. The first-order valence-corrected chi connectivity index (χ1v) is 4.98. The molecule has 12 heavy (non-hydrogen) atoms. The summed E-state index contributed by atoms with van der Waals surface area (Å²) in [7, 11) is 0. The Morgan fingerprint density at radius 3 is 2.67 bits per heavy atom. The summed E-state index contributed by atoms with van der Waals surface area (Å²) in [5.41, 5.74) is 2.30. The van der Waals surface area contributed by atoms with Crippen LogP contribution in [0.15, 0.2) is 24.3 Å². The van der Waals surface area contributed by atoms with E-state index in [4.69, 9.17) is 23.2 Å².